The molecule has 0 unspecified atom stereocenters. The van der Waals surface area contributed by atoms with Gasteiger partial charge in [0.2, 0.25) is 16.2 Å². The van der Waals surface area contributed by atoms with E-state index in [1.165, 1.54) is 0 Å². The summed E-state index contributed by atoms with van der Waals surface area (Å²) in [5.74, 6) is -0.501. The molecule has 0 fully saturated rings. The van der Waals surface area contributed by atoms with E-state index in [9.17, 15) is 4.91 Å². The highest BCUT2D eigenvalue weighted by molar-refractivity contribution is 6.56. The van der Waals surface area contributed by atoms with Crippen molar-refractivity contribution >= 4 is 23.3 Å². The molecular weight excluding hydrogens is 164 g/mol. The fourth-order valence-corrected chi connectivity index (χ4v) is 0.693. The van der Waals surface area contributed by atoms with Crippen molar-refractivity contribution in [3.8, 4) is 0 Å². The van der Waals surface area contributed by atoms with Gasteiger partial charge in [-0.15, -0.1) is 4.91 Å². The van der Waals surface area contributed by atoms with Crippen LogP contribution < -0.4 is 0 Å². The smallest absolute Gasteiger partial charge is 0.279 e. The summed E-state index contributed by atoms with van der Waals surface area (Å²) in [5.41, 5.74) is 0. The standard InChI is InChI=1S/C4HN6O2/c5-1-2(8-11)7-4-3(6-1)9-12-10-4/h5H/q+1. The van der Waals surface area contributed by atoms with Crippen molar-refractivity contribution < 1.29 is 0 Å². The summed E-state index contributed by atoms with van der Waals surface area (Å²) in [4.78, 5) is 17.1. The van der Waals surface area contributed by atoms with Gasteiger partial charge in [0, 0.05) is 0 Å². The van der Waals surface area contributed by atoms with E-state index >= 15 is 0 Å². The maximum Gasteiger partial charge on any atom is 0.314 e. The largest absolute Gasteiger partial charge is 0.314 e. The monoisotopic (exact) mass is 165 g/mol. The number of nitrogens with one attached hydrogen (secondary N) is 1. The Hall–Kier alpha value is -2.12. The van der Waals surface area contributed by atoms with Gasteiger partial charge in [-0.2, -0.15) is 9.98 Å². The molecule has 1 N–H and O–H groups in total. The molecule has 2 aliphatic rings. The van der Waals surface area contributed by atoms with Crippen LogP contribution >= 0.6 is 0 Å². The Labute approximate surface area is 64.9 Å². The molecule has 0 spiro atoms. The minimum absolute atomic E-state index is 0.0700. The van der Waals surface area contributed by atoms with E-state index in [1.807, 2.05) is 0 Å². The van der Waals surface area contributed by atoms with Crippen LogP contribution in [0.2, 0.25) is 0 Å². The second kappa shape index (κ2) is 2.19. The first-order valence-electron chi connectivity index (χ1n) is 2.86. The van der Waals surface area contributed by atoms with Gasteiger partial charge in [0.25, 0.3) is 0 Å². The molecule has 58 valence electrons. The number of nitroso groups, excluding NO2 is 2. The molecule has 0 amide bonds. The van der Waals surface area contributed by atoms with Crippen molar-refractivity contribution in [2.24, 2.45) is 25.5 Å². The summed E-state index contributed by atoms with van der Waals surface area (Å²) < 4.78 is 4.27. The third kappa shape index (κ3) is 0.779. The van der Waals surface area contributed by atoms with Crippen molar-refractivity contribution in [1.29, 1.82) is 5.41 Å². The van der Waals surface area contributed by atoms with Crippen molar-refractivity contribution in [2.75, 3.05) is 0 Å². The fourth-order valence-electron chi connectivity index (χ4n) is 0.693. The zero-order chi connectivity index (χ0) is 8.55. The summed E-state index contributed by atoms with van der Waals surface area (Å²) >= 11 is 0. The lowest BCUT2D eigenvalue weighted by molar-refractivity contribution is 1.41. The topological polar surface area (TPSA) is 114 Å². The summed E-state index contributed by atoms with van der Waals surface area (Å²) in [6.07, 6.45) is 0. The zero-order valence-electron chi connectivity index (χ0n) is 5.55. The van der Waals surface area contributed by atoms with Gasteiger partial charge in [-0.3, -0.25) is 5.41 Å². The molecule has 0 saturated carbocycles. The van der Waals surface area contributed by atoms with Crippen LogP contribution in [0.25, 0.3) is 0 Å². The summed E-state index contributed by atoms with van der Waals surface area (Å²) in [7, 11) is 0. The Morgan fingerprint density at radius 1 is 1.33 bits per heavy atom. The van der Waals surface area contributed by atoms with E-state index in [2.05, 4.69) is 30.1 Å². The van der Waals surface area contributed by atoms with Crippen LogP contribution in [-0.2, 0) is 0 Å². The number of nitrogens with zero attached hydrogens (tertiary/aromatic N) is 5. The Morgan fingerprint density at radius 3 is 2.92 bits per heavy atom. The van der Waals surface area contributed by atoms with Crippen LogP contribution in [0, 0.1) is 15.0 Å². The van der Waals surface area contributed by atoms with Gasteiger partial charge in [0.05, 0.1) is 4.64 Å². The second-order valence-corrected chi connectivity index (χ2v) is 1.90. The number of aliphatic imine (C=N–C) groups is 2. The molecule has 0 radical (unpaired) electrons. The predicted octanol–water partition coefficient (Wildman–Crippen LogP) is 0.170. The number of hydrogen-bond acceptors (Lipinski definition) is 6. The molecular formula is C4HN6O2+. The van der Waals surface area contributed by atoms with Crippen molar-refractivity contribution in [3.05, 3.63) is 9.55 Å². The first-order chi connectivity index (χ1) is 5.81. The molecule has 2 aliphatic heterocycles. The van der Waals surface area contributed by atoms with Crippen LogP contribution in [0.3, 0.4) is 0 Å². The van der Waals surface area contributed by atoms with Gasteiger partial charge in [-0.25, -0.2) is 0 Å². The molecule has 8 nitrogen and oxygen atoms in total. The zero-order valence-corrected chi connectivity index (χ0v) is 5.55. The van der Waals surface area contributed by atoms with E-state index in [0.29, 0.717) is 0 Å². The first kappa shape index (κ1) is 6.58. The lowest BCUT2D eigenvalue weighted by Gasteiger charge is -1.96. The third-order valence-corrected chi connectivity index (χ3v) is 1.18. The molecule has 0 aromatic rings. The normalized spacial score (nSPS) is 19.7. The van der Waals surface area contributed by atoms with E-state index < -0.39 is 0 Å². The highest BCUT2D eigenvalue weighted by atomic mass is 16.6. The van der Waals surface area contributed by atoms with Gasteiger partial charge in [0.15, 0.2) is 5.84 Å². The molecule has 0 saturated heterocycles. The molecule has 2 rings (SSSR count). The highest BCUT2D eigenvalue weighted by Gasteiger charge is 2.31. The van der Waals surface area contributed by atoms with Gasteiger partial charge in [-0.1, -0.05) is 0 Å². The summed E-state index contributed by atoms with van der Waals surface area (Å²) in [6, 6.07) is 0. The fraction of sp³-hybridized carbons (Fsp3) is 0. The molecule has 0 aliphatic carbocycles. The average molecular weight is 165 g/mol. The van der Waals surface area contributed by atoms with Crippen LogP contribution in [0.4, 0.5) is 0 Å². The van der Waals surface area contributed by atoms with Crippen molar-refractivity contribution in [2.45, 2.75) is 0 Å². The number of oxime groups is 1. The molecule has 2 heterocycles. The van der Waals surface area contributed by atoms with Crippen LogP contribution in [0.1, 0.15) is 0 Å². The Balaban J connectivity index is 2.49. The number of hydrogen-bond donors (Lipinski definition) is 1. The molecule has 0 aromatic carbocycles. The molecule has 0 aromatic heterocycles. The minimum atomic E-state index is -0.340. The maximum atomic E-state index is 10.0. The lowest BCUT2D eigenvalue weighted by atomic mass is 10.4. The number of amidine groups is 4. The van der Waals surface area contributed by atoms with Gasteiger partial charge in [-0.05, 0) is 5.18 Å². The lowest BCUT2D eigenvalue weighted by Crippen LogP contribution is -2.21. The average Bonchev–Trinajstić information content (AvgIpc) is 2.49. The van der Waals surface area contributed by atoms with Crippen LogP contribution in [-0.4, -0.2) is 23.3 Å². The van der Waals surface area contributed by atoms with E-state index in [4.69, 9.17) is 5.41 Å². The highest BCUT2D eigenvalue weighted by Crippen LogP contribution is 2.06. The van der Waals surface area contributed by atoms with Crippen molar-refractivity contribution in [3.63, 3.8) is 0 Å². The van der Waals surface area contributed by atoms with E-state index in [-0.39, 0.29) is 23.3 Å². The molecule has 0 bridgehead atoms. The third-order valence-electron chi connectivity index (χ3n) is 1.18. The van der Waals surface area contributed by atoms with E-state index in [0.717, 1.165) is 0 Å². The Morgan fingerprint density at radius 2 is 2.17 bits per heavy atom. The summed E-state index contributed by atoms with van der Waals surface area (Å²) in [5, 5.41) is 16.3. The molecule has 8 heteroatoms. The molecule has 12 heavy (non-hydrogen) atoms. The second-order valence-electron chi connectivity index (χ2n) is 1.90. The quantitative estimate of drug-likeness (QED) is 0.400. The van der Waals surface area contributed by atoms with Crippen LogP contribution in [0.5, 0.6) is 0 Å². The maximum absolute atomic E-state index is 10.0. The number of fused-ring (bicyclic) bond motifs is 1. The van der Waals surface area contributed by atoms with Gasteiger partial charge < -0.3 is 0 Å². The number of rotatable bonds is 0. The van der Waals surface area contributed by atoms with Crippen LogP contribution in [0.15, 0.2) is 25.5 Å². The Kier molecular flexibility index (Phi) is 1.20. The predicted molar refractivity (Wildman–Crippen MR) is 41.6 cm³/mol. The molecule has 0 atom stereocenters. The SMILES string of the molecule is N=C1N=C2N=[O+]N=C2N=C1N=O. The van der Waals surface area contributed by atoms with Gasteiger partial charge in [0.1, 0.15) is 0 Å². The van der Waals surface area contributed by atoms with E-state index in [1.54, 1.807) is 0 Å². The van der Waals surface area contributed by atoms with Crippen molar-refractivity contribution in [1.82, 2.24) is 0 Å². The van der Waals surface area contributed by atoms with Gasteiger partial charge >= 0.3 is 11.7 Å². The first-order valence-corrected chi connectivity index (χ1v) is 2.86. The Bertz CT molecular complexity index is 388. The minimum Gasteiger partial charge on any atom is -0.279 e. The summed E-state index contributed by atoms with van der Waals surface area (Å²) in [6.45, 7) is 0.